The zero-order valence-electron chi connectivity index (χ0n) is 17.0. The van der Waals surface area contributed by atoms with E-state index in [4.69, 9.17) is 9.47 Å². The second-order valence-corrected chi connectivity index (χ2v) is 6.82. The number of ether oxygens (including phenoxy) is 2. The average Bonchev–Trinajstić information content (AvgIpc) is 2.76. The van der Waals surface area contributed by atoms with Gasteiger partial charge in [-0.3, -0.25) is 9.59 Å². The zero-order chi connectivity index (χ0) is 20.8. The minimum atomic E-state index is -0.210. The molecule has 0 saturated carbocycles. The summed E-state index contributed by atoms with van der Waals surface area (Å²) in [6, 6.07) is 15.4. The molecule has 0 saturated heterocycles. The van der Waals surface area contributed by atoms with E-state index < -0.39 is 0 Å². The fraction of sp³-hybridized carbons (Fsp3) is 0.304. The van der Waals surface area contributed by atoms with Gasteiger partial charge in [-0.25, -0.2) is 0 Å². The van der Waals surface area contributed by atoms with Gasteiger partial charge >= 0.3 is 0 Å². The van der Waals surface area contributed by atoms with E-state index in [1.807, 2.05) is 49.4 Å². The van der Waals surface area contributed by atoms with Gasteiger partial charge in [0.1, 0.15) is 0 Å². The molecule has 1 heterocycles. The van der Waals surface area contributed by atoms with Crippen molar-refractivity contribution in [1.82, 2.24) is 9.88 Å². The van der Waals surface area contributed by atoms with Crippen LogP contribution < -0.4 is 15.0 Å². The van der Waals surface area contributed by atoms with Crippen molar-refractivity contribution in [2.24, 2.45) is 0 Å². The maximum atomic E-state index is 12.6. The number of benzene rings is 2. The molecule has 2 aromatic carbocycles. The molecule has 3 rings (SSSR count). The van der Waals surface area contributed by atoms with Crippen LogP contribution >= 0.6 is 0 Å². The van der Waals surface area contributed by atoms with Crippen LogP contribution in [-0.4, -0.2) is 36.6 Å². The molecule has 6 heteroatoms. The summed E-state index contributed by atoms with van der Waals surface area (Å²) in [4.78, 5) is 29.7. The smallest absolute Gasteiger partial charge is 0.253 e. The molecular formula is C23H26N2O4. The molecule has 1 N–H and O–H groups in total. The predicted octanol–water partition coefficient (Wildman–Crippen LogP) is 3.53. The molecule has 0 bridgehead atoms. The summed E-state index contributed by atoms with van der Waals surface area (Å²) < 4.78 is 10.7. The highest BCUT2D eigenvalue weighted by Gasteiger charge is 2.16. The summed E-state index contributed by atoms with van der Waals surface area (Å²) in [7, 11) is 3.12. The fourth-order valence-electron chi connectivity index (χ4n) is 3.33. The van der Waals surface area contributed by atoms with Crippen LogP contribution in [-0.2, 0) is 17.8 Å². The molecular weight excluding hydrogens is 368 g/mol. The highest BCUT2D eigenvalue weighted by molar-refractivity contribution is 5.83. The van der Waals surface area contributed by atoms with E-state index in [0.29, 0.717) is 35.5 Å². The van der Waals surface area contributed by atoms with E-state index in [2.05, 4.69) is 4.98 Å². The number of aromatic amines is 1. The van der Waals surface area contributed by atoms with E-state index in [9.17, 15) is 9.59 Å². The number of carbonyl (C=O) groups excluding carboxylic acids is 1. The van der Waals surface area contributed by atoms with Gasteiger partial charge in [0.2, 0.25) is 5.91 Å². The summed E-state index contributed by atoms with van der Waals surface area (Å²) in [5.74, 6) is 1.16. The molecule has 1 amide bonds. The molecule has 3 aromatic rings. The Labute approximate surface area is 170 Å². The number of hydrogen-bond acceptors (Lipinski definition) is 4. The quantitative estimate of drug-likeness (QED) is 0.634. The summed E-state index contributed by atoms with van der Waals surface area (Å²) in [5.41, 5.74) is 2.15. The Bertz CT molecular complexity index is 1040. The van der Waals surface area contributed by atoms with Crippen molar-refractivity contribution < 1.29 is 14.3 Å². The van der Waals surface area contributed by atoms with Gasteiger partial charge in [-0.15, -0.1) is 0 Å². The molecule has 0 unspecified atom stereocenters. The van der Waals surface area contributed by atoms with E-state index in [1.165, 1.54) is 0 Å². The Hall–Kier alpha value is -3.28. The number of aromatic nitrogens is 1. The van der Waals surface area contributed by atoms with Crippen molar-refractivity contribution >= 4 is 16.8 Å². The topological polar surface area (TPSA) is 71.6 Å². The van der Waals surface area contributed by atoms with Gasteiger partial charge in [0.15, 0.2) is 11.5 Å². The zero-order valence-corrected chi connectivity index (χ0v) is 17.0. The molecule has 0 aliphatic heterocycles. The van der Waals surface area contributed by atoms with Crippen molar-refractivity contribution in [3.05, 3.63) is 70.0 Å². The number of hydrogen-bond donors (Lipinski definition) is 1. The van der Waals surface area contributed by atoms with Crippen molar-refractivity contribution in [3.63, 3.8) is 0 Å². The average molecular weight is 394 g/mol. The first kappa shape index (κ1) is 20.5. The third-order valence-electron chi connectivity index (χ3n) is 4.95. The van der Waals surface area contributed by atoms with Crippen molar-refractivity contribution in [3.8, 4) is 11.5 Å². The number of H-pyrrole nitrogens is 1. The van der Waals surface area contributed by atoms with Crippen LogP contribution in [0.1, 0.15) is 24.5 Å². The monoisotopic (exact) mass is 394 g/mol. The number of nitrogens with one attached hydrogen (secondary N) is 1. The lowest BCUT2D eigenvalue weighted by molar-refractivity contribution is -0.131. The lowest BCUT2D eigenvalue weighted by atomic mass is 10.1. The molecule has 6 nitrogen and oxygen atoms in total. The second kappa shape index (κ2) is 9.28. The van der Waals surface area contributed by atoms with Crippen LogP contribution in [0.4, 0.5) is 0 Å². The van der Waals surface area contributed by atoms with Crippen molar-refractivity contribution in [1.29, 1.82) is 0 Å². The predicted molar refractivity (Wildman–Crippen MR) is 114 cm³/mol. The minimum absolute atomic E-state index is 0.0211. The molecule has 0 aliphatic carbocycles. The summed E-state index contributed by atoms with van der Waals surface area (Å²) >= 11 is 0. The van der Waals surface area contributed by atoms with Crippen molar-refractivity contribution in [2.45, 2.75) is 26.3 Å². The van der Waals surface area contributed by atoms with Gasteiger partial charge in [-0.05, 0) is 24.1 Å². The Kier molecular flexibility index (Phi) is 6.54. The van der Waals surface area contributed by atoms with Crippen LogP contribution in [0.3, 0.4) is 0 Å². The van der Waals surface area contributed by atoms with Crippen LogP contribution in [0.25, 0.3) is 10.9 Å². The number of amides is 1. The Morgan fingerprint density at radius 3 is 2.38 bits per heavy atom. The summed E-state index contributed by atoms with van der Waals surface area (Å²) in [6.07, 6.45) is 1.13. The number of methoxy groups -OCH3 is 2. The molecule has 0 radical (unpaired) electrons. The van der Waals surface area contributed by atoms with Gasteiger partial charge < -0.3 is 19.4 Å². The molecule has 0 fully saturated rings. The van der Waals surface area contributed by atoms with Crippen LogP contribution in [0, 0.1) is 0 Å². The van der Waals surface area contributed by atoms with Gasteiger partial charge in [0, 0.05) is 30.0 Å². The number of nitrogens with zero attached hydrogens (tertiary/aromatic N) is 1. The SMILES string of the molecule is CCC(=O)N(CCc1ccccc1)Cc1cc2cc(OC)c(OC)cc2[nH]c1=O. The molecule has 0 spiro atoms. The Morgan fingerprint density at radius 2 is 1.72 bits per heavy atom. The van der Waals surface area contributed by atoms with Gasteiger partial charge in [-0.2, -0.15) is 0 Å². The van der Waals surface area contributed by atoms with E-state index in [0.717, 1.165) is 17.4 Å². The first-order valence-corrected chi connectivity index (χ1v) is 9.65. The number of pyridine rings is 1. The number of fused-ring (bicyclic) bond motifs is 1. The summed E-state index contributed by atoms with van der Waals surface area (Å²) in [5, 5.41) is 0.823. The standard InChI is InChI=1S/C23H26N2O4/c1-4-22(26)25(11-10-16-8-6-5-7-9-16)15-18-12-17-13-20(28-2)21(29-3)14-19(17)24-23(18)27/h5-9,12-14H,4,10-11,15H2,1-3H3,(H,24,27). The molecule has 152 valence electrons. The first-order valence-electron chi connectivity index (χ1n) is 9.65. The van der Waals surface area contributed by atoms with Crippen molar-refractivity contribution in [2.75, 3.05) is 20.8 Å². The lowest BCUT2D eigenvalue weighted by Crippen LogP contribution is -2.34. The van der Waals surface area contributed by atoms with E-state index in [-0.39, 0.29) is 18.0 Å². The molecule has 1 aromatic heterocycles. The maximum absolute atomic E-state index is 12.6. The minimum Gasteiger partial charge on any atom is -0.493 e. The Balaban J connectivity index is 1.89. The fourth-order valence-corrected chi connectivity index (χ4v) is 3.33. The molecule has 0 aliphatic rings. The normalized spacial score (nSPS) is 10.7. The maximum Gasteiger partial charge on any atom is 0.253 e. The van der Waals surface area contributed by atoms with Crippen LogP contribution in [0.2, 0.25) is 0 Å². The largest absolute Gasteiger partial charge is 0.493 e. The number of rotatable bonds is 8. The Morgan fingerprint density at radius 1 is 1.03 bits per heavy atom. The first-order chi connectivity index (χ1) is 14.0. The molecule has 0 atom stereocenters. The van der Waals surface area contributed by atoms with E-state index in [1.54, 1.807) is 25.2 Å². The van der Waals surface area contributed by atoms with Gasteiger partial charge in [0.05, 0.1) is 26.3 Å². The van der Waals surface area contributed by atoms with Crippen LogP contribution in [0.5, 0.6) is 11.5 Å². The second-order valence-electron chi connectivity index (χ2n) is 6.82. The number of carbonyl (C=O) groups is 1. The molecule has 29 heavy (non-hydrogen) atoms. The summed E-state index contributed by atoms with van der Waals surface area (Å²) in [6.45, 7) is 2.65. The van der Waals surface area contributed by atoms with Gasteiger partial charge in [0.25, 0.3) is 5.56 Å². The van der Waals surface area contributed by atoms with Crippen LogP contribution in [0.15, 0.2) is 53.3 Å². The van der Waals surface area contributed by atoms with Gasteiger partial charge in [-0.1, -0.05) is 37.3 Å². The highest BCUT2D eigenvalue weighted by Crippen LogP contribution is 2.31. The third-order valence-corrected chi connectivity index (χ3v) is 4.95. The van der Waals surface area contributed by atoms with E-state index >= 15 is 0 Å². The lowest BCUT2D eigenvalue weighted by Gasteiger charge is -2.22. The third kappa shape index (κ3) is 4.77. The highest BCUT2D eigenvalue weighted by atomic mass is 16.5.